The van der Waals surface area contributed by atoms with Crippen molar-refractivity contribution < 1.29 is 9.26 Å². The maximum atomic E-state index is 6.16. The van der Waals surface area contributed by atoms with Crippen molar-refractivity contribution in [3.8, 4) is 10.8 Å². The molecule has 2 aromatic rings. The van der Waals surface area contributed by atoms with Gasteiger partial charge in [-0.1, -0.05) is 16.8 Å². The largest absolute Gasteiger partial charge is 0.377 e. The Morgan fingerprint density at radius 3 is 2.84 bits per heavy atom. The fraction of sp³-hybridized carbons (Fsp3) is 0.500. The molecule has 5 nitrogen and oxygen atoms in total. The Morgan fingerprint density at radius 2 is 2.26 bits per heavy atom. The van der Waals surface area contributed by atoms with Crippen LogP contribution < -0.4 is 5.73 Å². The highest BCUT2D eigenvalue weighted by atomic mass is 35.5. The van der Waals surface area contributed by atoms with E-state index in [2.05, 4.69) is 10.1 Å². The highest BCUT2D eigenvalue weighted by Gasteiger charge is 2.19. The van der Waals surface area contributed by atoms with E-state index in [9.17, 15) is 0 Å². The SMILES string of the molecule is Cc1csc(-c2nc(C(N)COC(C)C)no2)c1Cl. The van der Waals surface area contributed by atoms with Crippen molar-refractivity contribution in [2.45, 2.75) is 32.9 Å². The van der Waals surface area contributed by atoms with Crippen LogP contribution in [0.4, 0.5) is 0 Å². The number of nitrogens with two attached hydrogens (primary N) is 1. The first-order chi connectivity index (χ1) is 8.99. The van der Waals surface area contributed by atoms with Crippen LogP contribution in [0.5, 0.6) is 0 Å². The van der Waals surface area contributed by atoms with Gasteiger partial charge in [0, 0.05) is 0 Å². The highest BCUT2D eigenvalue weighted by molar-refractivity contribution is 7.14. The van der Waals surface area contributed by atoms with Gasteiger partial charge in [-0.25, -0.2) is 0 Å². The Hall–Kier alpha value is -0.950. The topological polar surface area (TPSA) is 74.2 Å². The first kappa shape index (κ1) is 14.5. The molecule has 1 unspecified atom stereocenters. The fourth-order valence-electron chi connectivity index (χ4n) is 1.42. The van der Waals surface area contributed by atoms with Crippen molar-refractivity contribution in [3.05, 3.63) is 21.8 Å². The average Bonchev–Trinajstić information content (AvgIpc) is 2.95. The summed E-state index contributed by atoms with van der Waals surface area (Å²) in [4.78, 5) is 5.05. The molecule has 1 atom stereocenters. The summed E-state index contributed by atoms with van der Waals surface area (Å²) in [5, 5.41) is 6.47. The summed E-state index contributed by atoms with van der Waals surface area (Å²) in [5.74, 6) is 0.830. The molecule has 0 amide bonds. The number of aryl methyl sites for hydroxylation is 1. The summed E-state index contributed by atoms with van der Waals surface area (Å²) in [6, 6.07) is -0.403. The van der Waals surface area contributed by atoms with Gasteiger partial charge < -0.3 is 15.0 Å². The normalized spacial score (nSPS) is 13.2. The van der Waals surface area contributed by atoms with E-state index >= 15 is 0 Å². The second-order valence-corrected chi connectivity index (χ2v) is 5.77. The molecule has 0 aromatic carbocycles. The molecule has 7 heteroatoms. The van der Waals surface area contributed by atoms with Gasteiger partial charge in [0.1, 0.15) is 4.88 Å². The molecule has 0 fully saturated rings. The molecular weight excluding hydrogens is 286 g/mol. The van der Waals surface area contributed by atoms with E-state index in [1.807, 2.05) is 26.2 Å². The van der Waals surface area contributed by atoms with Crippen molar-refractivity contribution in [1.29, 1.82) is 0 Å². The molecular formula is C12H16ClN3O2S. The van der Waals surface area contributed by atoms with Gasteiger partial charge in [0.25, 0.3) is 5.89 Å². The van der Waals surface area contributed by atoms with E-state index in [-0.39, 0.29) is 6.10 Å². The standard InChI is InChI=1S/C12H16ClN3O2S/c1-6(2)17-4-8(14)11-15-12(18-16-11)10-9(13)7(3)5-19-10/h5-6,8H,4,14H2,1-3H3. The predicted octanol–water partition coefficient (Wildman–Crippen LogP) is 3.18. The summed E-state index contributed by atoms with van der Waals surface area (Å²) in [7, 11) is 0. The third-order valence-electron chi connectivity index (χ3n) is 2.48. The van der Waals surface area contributed by atoms with Gasteiger partial charge in [0.05, 0.1) is 23.8 Å². The number of thiophene rings is 1. The summed E-state index contributed by atoms with van der Waals surface area (Å²) in [6.07, 6.45) is 0.117. The monoisotopic (exact) mass is 301 g/mol. The van der Waals surface area contributed by atoms with Crippen LogP contribution in [0.3, 0.4) is 0 Å². The summed E-state index contributed by atoms with van der Waals surface area (Å²) in [5.41, 5.74) is 6.93. The van der Waals surface area contributed by atoms with Gasteiger partial charge in [0.15, 0.2) is 5.82 Å². The van der Waals surface area contributed by atoms with Crippen molar-refractivity contribution in [3.63, 3.8) is 0 Å². The lowest BCUT2D eigenvalue weighted by Crippen LogP contribution is -2.20. The van der Waals surface area contributed by atoms with Gasteiger partial charge in [-0.2, -0.15) is 4.98 Å². The van der Waals surface area contributed by atoms with E-state index < -0.39 is 6.04 Å². The molecule has 0 saturated heterocycles. The molecule has 0 radical (unpaired) electrons. The summed E-state index contributed by atoms with van der Waals surface area (Å²) in [6.45, 7) is 6.18. The lowest BCUT2D eigenvalue weighted by molar-refractivity contribution is 0.0665. The summed E-state index contributed by atoms with van der Waals surface area (Å²) < 4.78 is 10.6. The Labute approximate surface area is 120 Å². The van der Waals surface area contributed by atoms with E-state index in [4.69, 9.17) is 26.6 Å². The minimum absolute atomic E-state index is 0.117. The van der Waals surface area contributed by atoms with E-state index in [1.54, 1.807) is 0 Å². The molecule has 2 aromatic heterocycles. The molecule has 104 valence electrons. The third-order valence-corrected chi connectivity index (χ3v) is 4.16. The molecule has 0 aliphatic heterocycles. The number of hydrogen-bond donors (Lipinski definition) is 1. The molecule has 0 saturated carbocycles. The van der Waals surface area contributed by atoms with Crippen LogP contribution >= 0.6 is 22.9 Å². The van der Waals surface area contributed by atoms with Gasteiger partial charge >= 0.3 is 0 Å². The summed E-state index contributed by atoms with van der Waals surface area (Å²) >= 11 is 7.63. The Morgan fingerprint density at radius 1 is 1.53 bits per heavy atom. The maximum Gasteiger partial charge on any atom is 0.269 e. The van der Waals surface area contributed by atoms with E-state index in [0.29, 0.717) is 23.3 Å². The third kappa shape index (κ3) is 3.33. The van der Waals surface area contributed by atoms with Crippen molar-refractivity contribution in [2.75, 3.05) is 6.61 Å². The number of aromatic nitrogens is 2. The van der Waals surface area contributed by atoms with Crippen LogP contribution in [0, 0.1) is 6.92 Å². The number of ether oxygens (including phenoxy) is 1. The van der Waals surface area contributed by atoms with Crippen LogP contribution in [-0.4, -0.2) is 22.9 Å². The molecule has 19 heavy (non-hydrogen) atoms. The molecule has 0 aliphatic carbocycles. The molecule has 2 N–H and O–H groups in total. The lowest BCUT2D eigenvalue weighted by Gasteiger charge is -2.10. The zero-order valence-electron chi connectivity index (χ0n) is 11.0. The zero-order chi connectivity index (χ0) is 14.0. The number of hydrogen-bond acceptors (Lipinski definition) is 6. The van der Waals surface area contributed by atoms with Crippen LogP contribution in [-0.2, 0) is 4.74 Å². The van der Waals surface area contributed by atoms with Gasteiger partial charge in [-0.3, -0.25) is 0 Å². The second kappa shape index (κ2) is 6.00. The number of nitrogens with zero attached hydrogens (tertiary/aromatic N) is 2. The molecule has 0 spiro atoms. The smallest absolute Gasteiger partial charge is 0.269 e. The van der Waals surface area contributed by atoms with E-state index in [1.165, 1.54) is 11.3 Å². The Kier molecular flexibility index (Phi) is 4.57. The van der Waals surface area contributed by atoms with Crippen LogP contribution in [0.2, 0.25) is 5.02 Å². The quantitative estimate of drug-likeness (QED) is 0.918. The number of halogens is 1. The van der Waals surface area contributed by atoms with Gasteiger partial charge in [-0.15, -0.1) is 11.3 Å². The second-order valence-electron chi connectivity index (χ2n) is 4.51. The minimum Gasteiger partial charge on any atom is -0.377 e. The van der Waals surface area contributed by atoms with Crippen molar-refractivity contribution in [2.24, 2.45) is 5.73 Å². The van der Waals surface area contributed by atoms with Crippen molar-refractivity contribution in [1.82, 2.24) is 10.1 Å². The Balaban J connectivity index is 2.13. The van der Waals surface area contributed by atoms with Crippen LogP contribution in [0.25, 0.3) is 10.8 Å². The zero-order valence-corrected chi connectivity index (χ0v) is 12.6. The average molecular weight is 302 g/mol. The first-order valence-electron chi connectivity index (χ1n) is 5.93. The van der Waals surface area contributed by atoms with Crippen LogP contribution in [0.1, 0.15) is 31.3 Å². The maximum absolute atomic E-state index is 6.16. The molecule has 0 bridgehead atoms. The first-order valence-corrected chi connectivity index (χ1v) is 7.19. The lowest BCUT2D eigenvalue weighted by atomic mass is 10.3. The highest BCUT2D eigenvalue weighted by Crippen LogP contribution is 2.35. The van der Waals surface area contributed by atoms with Gasteiger partial charge in [-0.05, 0) is 31.7 Å². The van der Waals surface area contributed by atoms with Crippen molar-refractivity contribution >= 4 is 22.9 Å². The predicted molar refractivity (Wildman–Crippen MR) is 75.4 cm³/mol. The number of rotatable bonds is 5. The van der Waals surface area contributed by atoms with Crippen LogP contribution in [0.15, 0.2) is 9.90 Å². The molecule has 2 heterocycles. The van der Waals surface area contributed by atoms with Gasteiger partial charge in [0.2, 0.25) is 0 Å². The minimum atomic E-state index is -0.403. The molecule has 0 aliphatic rings. The van der Waals surface area contributed by atoms with E-state index in [0.717, 1.165) is 10.4 Å². The molecule has 2 rings (SSSR count). The Bertz CT molecular complexity index is 553. The fourth-order valence-corrected chi connectivity index (χ4v) is 2.62.